The topological polar surface area (TPSA) is 51.2 Å². The van der Waals surface area contributed by atoms with Gasteiger partial charge in [0, 0.05) is 5.39 Å². The third-order valence-electron chi connectivity index (χ3n) is 2.80. The van der Waals surface area contributed by atoms with Gasteiger partial charge in [0.05, 0.1) is 17.1 Å². The zero-order chi connectivity index (χ0) is 12.5. The SMILES string of the molecule is Nc1c(F)cccc1Nc1coc2ccccc12. The Kier molecular flexibility index (Phi) is 2.41. The first-order chi connectivity index (χ1) is 8.75. The van der Waals surface area contributed by atoms with Crippen molar-refractivity contribution in [2.24, 2.45) is 0 Å². The third kappa shape index (κ3) is 1.68. The Balaban J connectivity index is 2.04. The van der Waals surface area contributed by atoms with Crippen LogP contribution in [0.3, 0.4) is 0 Å². The number of halogens is 1. The van der Waals surface area contributed by atoms with Gasteiger partial charge < -0.3 is 15.5 Å². The summed E-state index contributed by atoms with van der Waals surface area (Å²) in [6, 6.07) is 12.3. The normalized spacial score (nSPS) is 10.7. The number of nitrogens with two attached hydrogens (primary N) is 1. The van der Waals surface area contributed by atoms with Gasteiger partial charge in [0.1, 0.15) is 17.7 Å². The Bertz CT molecular complexity index is 706. The van der Waals surface area contributed by atoms with Crippen LogP contribution in [0, 0.1) is 5.82 Å². The van der Waals surface area contributed by atoms with E-state index in [-0.39, 0.29) is 5.69 Å². The standard InChI is InChI=1S/C14H11FN2O/c15-10-5-3-6-11(14(10)16)17-12-8-18-13-7-2-1-4-9(12)13/h1-8,17H,16H2. The zero-order valence-corrected chi connectivity index (χ0v) is 9.48. The summed E-state index contributed by atoms with van der Waals surface area (Å²) in [5.74, 6) is -0.437. The quantitative estimate of drug-likeness (QED) is 0.670. The Morgan fingerprint density at radius 2 is 1.83 bits per heavy atom. The van der Waals surface area contributed by atoms with Gasteiger partial charge >= 0.3 is 0 Å². The molecule has 2 aromatic carbocycles. The second-order valence-corrected chi connectivity index (χ2v) is 3.97. The minimum atomic E-state index is -0.437. The van der Waals surface area contributed by atoms with E-state index < -0.39 is 5.82 Å². The number of furan rings is 1. The number of benzene rings is 2. The van der Waals surface area contributed by atoms with E-state index in [0.717, 1.165) is 16.7 Å². The summed E-state index contributed by atoms with van der Waals surface area (Å²) in [6.45, 7) is 0. The van der Waals surface area contributed by atoms with Crippen molar-refractivity contribution in [2.45, 2.75) is 0 Å². The summed E-state index contributed by atoms with van der Waals surface area (Å²) in [7, 11) is 0. The molecule has 18 heavy (non-hydrogen) atoms. The van der Waals surface area contributed by atoms with E-state index in [2.05, 4.69) is 5.32 Å². The summed E-state index contributed by atoms with van der Waals surface area (Å²) in [4.78, 5) is 0. The molecule has 4 heteroatoms. The van der Waals surface area contributed by atoms with Crippen LogP contribution in [0.2, 0.25) is 0 Å². The van der Waals surface area contributed by atoms with Gasteiger partial charge in [-0.1, -0.05) is 18.2 Å². The number of hydrogen-bond donors (Lipinski definition) is 2. The maximum absolute atomic E-state index is 13.3. The largest absolute Gasteiger partial charge is 0.462 e. The minimum absolute atomic E-state index is 0.0998. The third-order valence-corrected chi connectivity index (χ3v) is 2.80. The number of nitrogen functional groups attached to an aromatic ring is 1. The van der Waals surface area contributed by atoms with E-state index in [9.17, 15) is 4.39 Å². The van der Waals surface area contributed by atoms with Crippen LogP contribution >= 0.6 is 0 Å². The average molecular weight is 242 g/mol. The van der Waals surface area contributed by atoms with Gasteiger partial charge in [-0.3, -0.25) is 0 Å². The molecular formula is C14H11FN2O. The molecule has 0 bridgehead atoms. The smallest absolute Gasteiger partial charge is 0.148 e. The lowest BCUT2D eigenvalue weighted by molar-refractivity contribution is 0.617. The molecule has 3 N–H and O–H groups in total. The van der Waals surface area contributed by atoms with Crippen molar-refractivity contribution in [3.8, 4) is 0 Å². The highest BCUT2D eigenvalue weighted by atomic mass is 19.1. The van der Waals surface area contributed by atoms with Crippen molar-refractivity contribution in [1.29, 1.82) is 0 Å². The van der Waals surface area contributed by atoms with E-state index in [4.69, 9.17) is 10.2 Å². The molecule has 0 spiro atoms. The first kappa shape index (κ1) is 10.7. The maximum Gasteiger partial charge on any atom is 0.148 e. The Labute approximate surface area is 103 Å². The minimum Gasteiger partial charge on any atom is -0.462 e. The van der Waals surface area contributed by atoms with Gasteiger partial charge in [-0.25, -0.2) is 4.39 Å². The molecule has 0 unspecified atom stereocenters. The van der Waals surface area contributed by atoms with Gasteiger partial charge in [-0.15, -0.1) is 0 Å². The second-order valence-electron chi connectivity index (χ2n) is 3.97. The van der Waals surface area contributed by atoms with Crippen LogP contribution in [0.15, 0.2) is 53.1 Å². The van der Waals surface area contributed by atoms with Crippen molar-refractivity contribution in [3.05, 3.63) is 54.5 Å². The molecule has 3 nitrogen and oxygen atoms in total. The average Bonchev–Trinajstić information content (AvgIpc) is 2.79. The monoisotopic (exact) mass is 242 g/mol. The van der Waals surface area contributed by atoms with Crippen LogP contribution in [-0.2, 0) is 0 Å². The Hall–Kier alpha value is -2.49. The predicted molar refractivity (Wildman–Crippen MR) is 70.3 cm³/mol. The van der Waals surface area contributed by atoms with Crippen molar-refractivity contribution < 1.29 is 8.81 Å². The molecule has 0 aliphatic carbocycles. The van der Waals surface area contributed by atoms with E-state index in [0.29, 0.717) is 5.69 Å². The number of fused-ring (bicyclic) bond motifs is 1. The highest BCUT2D eigenvalue weighted by Gasteiger charge is 2.08. The van der Waals surface area contributed by atoms with Crippen LogP contribution in [0.5, 0.6) is 0 Å². The van der Waals surface area contributed by atoms with Crippen LogP contribution in [0.4, 0.5) is 21.5 Å². The highest BCUT2D eigenvalue weighted by molar-refractivity contribution is 5.93. The molecule has 0 aliphatic heterocycles. The van der Waals surface area contributed by atoms with E-state index in [1.807, 2.05) is 24.3 Å². The van der Waals surface area contributed by atoms with Crippen molar-refractivity contribution in [1.82, 2.24) is 0 Å². The second kappa shape index (κ2) is 4.07. The Morgan fingerprint density at radius 3 is 2.72 bits per heavy atom. The van der Waals surface area contributed by atoms with Crippen LogP contribution < -0.4 is 11.1 Å². The number of nitrogens with one attached hydrogen (secondary N) is 1. The van der Waals surface area contributed by atoms with Gasteiger partial charge in [-0.2, -0.15) is 0 Å². The molecule has 0 saturated heterocycles. The molecule has 0 aliphatic rings. The van der Waals surface area contributed by atoms with Crippen molar-refractivity contribution in [2.75, 3.05) is 11.1 Å². The van der Waals surface area contributed by atoms with Crippen molar-refractivity contribution >= 4 is 28.0 Å². The maximum atomic E-state index is 13.3. The first-order valence-corrected chi connectivity index (χ1v) is 5.53. The van der Waals surface area contributed by atoms with E-state index >= 15 is 0 Å². The molecule has 1 aromatic heterocycles. The summed E-state index contributed by atoms with van der Waals surface area (Å²) < 4.78 is 18.7. The zero-order valence-electron chi connectivity index (χ0n) is 9.48. The fourth-order valence-electron chi connectivity index (χ4n) is 1.87. The first-order valence-electron chi connectivity index (χ1n) is 5.53. The molecular weight excluding hydrogens is 231 g/mol. The van der Waals surface area contributed by atoms with E-state index in [1.54, 1.807) is 18.4 Å². The van der Waals surface area contributed by atoms with Crippen LogP contribution in [0.25, 0.3) is 11.0 Å². The molecule has 0 atom stereocenters. The summed E-state index contributed by atoms with van der Waals surface area (Å²) in [5.41, 5.74) is 7.84. The number of hydrogen-bond acceptors (Lipinski definition) is 3. The molecule has 1 heterocycles. The van der Waals surface area contributed by atoms with E-state index in [1.165, 1.54) is 6.07 Å². The highest BCUT2D eigenvalue weighted by Crippen LogP contribution is 2.31. The molecule has 0 fully saturated rings. The number of anilines is 3. The lowest BCUT2D eigenvalue weighted by Crippen LogP contribution is -1.98. The molecule has 0 radical (unpaired) electrons. The fourth-order valence-corrected chi connectivity index (χ4v) is 1.87. The molecule has 0 amide bonds. The molecule has 3 aromatic rings. The van der Waals surface area contributed by atoms with Gasteiger partial charge in [0.2, 0.25) is 0 Å². The molecule has 0 saturated carbocycles. The van der Waals surface area contributed by atoms with Gasteiger partial charge in [-0.05, 0) is 24.3 Å². The van der Waals surface area contributed by atoms with Gasteiger partial charge in [0.15, 0.2) is 0 Å². The van der Waals surface area contributed by atoms with Crippen LogP contribution in [0.1, 0.15) is 0 Å². The van der Waals surface area contributed by atoms with Gasteiger partial charge in [0.25, 0.3) is 0 Å². The summed E-state index contributed by atoms with van der Waals surface area (Å²) in [5, 5.41) is 4.01. The molecule has 3 rings (SSSR count). The Morgan fingerprint density at radius 1 is 1.00 bits per heavy atom. The fraction of sp³-hybridized carbons (Fsp3) is 0. The lowest BCUT2D eigenvalue weighted by atomic mass is 10.2. The lowest BCUT2D eigenvalue weighted by Gasteiger charge is -2.07. The van der Waals surface area contributed by atoms with Crippen LogP contribution in [-0.4, -0.2) is 0 Å². The number of rotatable bonds is 2. The summed E-state index contributed by atoms with van der Waals surface area (Å²) >= 11 is 0. The molecule has 90 valence electrons. The summed E-state index contributed by atoms with van der Waals surface area (Å²) in [6.07, 6.45) is 1.59. The predicted octanol–water partition coefficient (Wildman–Crippen LogP) is 3.90. The van der Waals surface area contributed by atoms with Crippen molar-refractivity contribution in [3.63, 3.8) is 0 Å². The number of para-hydroxylation sites is 2.